The third-order valence-corrected chi connectivity index (χ3v) is 4.22. The first-order valence-corrected chi connectivity index (χ1v) is 6.69. The number of aromatic amines is 1. The van der Waals surface area contributed by atoms with Gasteiger partial charge in [0.1, 0.15) is 0 Å². The molecule has 2 aromatic rings. The van der Waals surface area contributed by atoms with E-state index < -0.39 is 5.56 Å². The molecule has 1 aliphatic rings. The Morgan fingerprint density at radius 3 is 2.86 bits per heavy atom. The summed E-state index contributed by atoms with van der Waals surface area (Å²) in [5.41, 5.74) is 6.59. The van der Waals surface area contributed by atoms with E-state index in [0.717, 1.165) is 5.57 Å². The first-order chi connectivity index (χ1) is 10.1. The van der Waals surface area contributed by atoms with Gasteiger partial charge in [0.2, 0.25) is 5.95 Å². The molecule has 21 heavy (non-hydrogen) atoms. The Morgan fingerprint density at radius 1 is 1.48 bits per heavy atom. The maximum Gasteiger partial charge on any atom is 0.280 e. The standard InChI is InChI=1S/C13H17N5O3/c1-6-8(4-20)7(3-19)2-9(6)18-5-15-10-11(18)16-13(14)17-12(10)21/h5,7-9,19-20H,1-4H2,(H3,14,16,17,21)/t7-,8+,9+/m1/s1. The zero-order valence-corrected chi connectivity index (χ0v) is 11.4. The molecule has 0 radical (unpaired) electrons. The molecule has 5 N–H and O–H groups in total. The van der Waals surface area contributed by atoms with Crippen molar-refractivity contribution in [3.05, 3.63) is 28.8 Å². The molecule has 8 heteroatoms. The van der Waals surface area contributed by atoms with Gasteiger partial charge in [0.05, 0.1) is 19.0 Å². The SMILES string of the molecule is C=C1[C@H](CO)[C@@H](CO)C[C@@H]1n1cnc2c(=O)[nH]c(N)nc21. The lowest BCUT2D eigenvalue weighted by molar-refractivity contribution is 0.153. The van der Waals surface area contributed by atoms with Crippen molar-refractivity contribution in [3.63, 3.8) is 0 Å². The van der Waals surface area contributed by atoms with Gasteiger partial charge < -0.3 is 20.5 Å². The first kappa shape index (κ1) is 13.8. The molecule has 2 aromatic heterocycles. The van der Waals surface area contributed by atoms with Crippen LogP contribution in [0.25, 0.3) is 11.2 Å². The Morgan fingerprint density at radius 2 is 2.24 bits per heavy atom. The number of H-pyrrole nitrogens is 1. The summed E-state index contributed by atoms with van der Waals surface area (Å²) in [4.78, 5) is 22.4. The van der Waals surface area contributed by atoms with Crippen LogP contribution >= 0.6 is 0 Å². The second-order valence-corrected chi connectivity index (χ2v) is 5.33. The zero-order valence-electron chi connectivity index (χ0n) is 11.4. The number of nitrogens with one attached hydrogen (secondary N) is 1. The Kier molecular flexibility index (Phi) is 3.26. The van der Waals surface area contributed by atoms with Crippen LogP contribution in [-0.4, -0.2) is 42.9 Å². The summed E-state index contributed by atoms with van der Waals surface area (Å²) in [7, 11) is 0. The molecule has 0 unspecified atom stereocenters. The number of nitrogens with zero attached hydrogens (tertiary/aromatic N) is 3. The van der Waals surface area contributed by atoms with Gasteiger partial charge in [-0.15, -0.1) is 0 Å². The van der Waals surface area contributed by atoms with E-state index in [1.54, 1.807) is 4.57 Å². The highest BCUT2D eigenvalue weighted by Gasteiger charge is 2.38. The molecular formula is C13H17N5O3. The quantitative estimate of drug-likeness (QED) is 0.560. The van der Waals surface area contributed by atoms with E-state index >= 15 is 0 Å². The maximum absolute atomic E-state index is 11.8. The second-order valence-electron chi connectivity index (χ2n) is 5.33. The molecule has 8 nitrogen and oxygen atoms in total. The maximum atomic E-state index is 11.8. The minimum atomic E-state index is -0.391. The first-order valence-electron chi connectivity index (χ1n) is 6.69. The fraction of sp³-hybridized carbons (Fsp3) is 0.462. The van der Waals surface area contributed by atoms with Crippen LogP contribution < -0.4 is 11.3 Å². The molecule has 0 amide bonds. The Hall–Kier alpha value is -2.19. The monoisotopic (exact) mass is 291 g/mol. The van der Waals surface area contributed by atoms with Crippen LogP contribution in [0.1, 0.15) is 12.5 Å². The largest absolute Gasteiger partial charge is 0.396 e. The van der Waals surface area contributed by atoms with Crippen LogP contribution in [0, 0.1) is 11.8 Å². The van der Waals surface area contributed by atoms with E-state index in [1.807, 2.05) is 0 Å². The molecule has 1 aliphatic carbocycles. The van der Waals surface area contributed by atoms with Gasteiger partial charge in [0.25, 0.3) is 5.56 Å². The fourth-order valence-electron chi connectivity index (χ4n) is 3.08. The van der Waals surface area contributed by atoms with Crippen molar-refractivity contribution < 1.29 is 10.2 Å². The van der Waals surface area contributed by atoms with Crippen molar-refractivity contribution in [2.24, 2.45) is 11.8 Å². The van der Waals surface area contributed by atoms with Crippen molar-refractivity contribution >= 4 is 17.1 Å². The van der Waals surface area contributed by atoms with Gasteiger partial charge in [-0.05, 0) is 17.9 Å². The zero-order chi connectivity index (χ0) is 15.1. The average Bonchev–Trinajstić information content (AvgIpc) is 2.99. The number of hydrogen-bond donors (Lipinski definition) is 4. The van der Waals surface area contributed by atoms with E-state index in [0.29, 0.717) is 12.1 Å². The lowest BCUT2D eigenvalue weighted by atomic mass is 9.96. The van der Waals surface area contributed by atoms with Gasteiger partial charge in [0.15, 0.2) is 11.2 Å². The summed E-state index contributed by atoms with van der Waals surface area (Å²) < 4.78 is 1.74. The molecular weight excluding hydrogens is 274 g/mol. The van der Waals surface area contributed by atoms with Gasteiger partial charge in [-0.3, -0.25) is 9.78 Å². The normalized spacial score (nSPS) is 25.8. The third kappa shape index (κ3) is 2.03. The number of rotatable bonds is 3. The minimum Gasteiger partial charge on any atom is -0.396 e. The lowest BCUT2D eigenvalue weighted by Gasteiger charge is -2.16. The van der Waals surface area contributed by atoms with Crippen LogP contribution in [0.15, 0.2) is 23.3 Å². The van der Waals surface area contributed by atoms with E-state index in [1.165, 1.54) is 6.33 Å². The number of aliphatic hydroxyl groups is 2. The average molecular weight is 291 g/mol. The van der Waals surface area contributed by atoms with Crippen molar-refractivity contribution in [2.75, 3.05) is 18.9 Å². The van der Waals surface area contributed by atoms with Gasteiger partial charge in [-0.25, -0.2) is 4.98 Å². The van der Waals surface area contributed by atoms with Crippen LogP contribution in [-0.2, 0) is 0 Å². The topological polar surface area (TPSA) is 130 Å². The van der Waals surface area contributed by atoms with Crippen molar-refractivity contribution in [1.29, 1.82) is 0 Å². The third-order valence-electron chi connectivity index (χ3n) is 4.22. The molecule has 1 saturated carbocycles. The van der Waals surface area contributed by atoms with Crippen LogP contribution in [0.2, 0.25) is 0 Å². The predicted molar refractivity (Wildman–Crippen MR) is 76.5 cm³/mol. The van der Waals surface area contributed by atoms with E-state index in [9.17, 15) is 15.0 Å². The second kappa shape index (κ2) is 4.97. The number of nitrogen functional groups attached to an aromatic ring is 1. The summed E-state index contributed by atoms with van der Waals surface area (Å²) in [5, 5.41) is 18.9. The van der Waals surface area contributed by atoms with Crippen molar-refractivity contribution in [3.8, 4) is 0 Å². The number of aliphatic hydroxyl groups excluding tert-OH is 2. The summed E-state index contributed by atoms with van der Waals surface area (Å²) in [6, 6.07) is -0.169. The van der Waals surface area contributed by atoms with Crippen LogP contribution in [0.5, 0.6) is 0 Å². The summed E-state index contributed by atoms with van der Waals surface area (Å²) >= 11 is 0. The highest BCUT2D eigenvalue weighted by molar-refractivity contribution is 5.70. The molecule has 0 bridgehead atoms. The van der Waals surface area contributed by atoms with E-state index in [2.05, 4.69) is 21.5 Å². The van der Waals surface area contributed by atoms with E-state index in [4.69, 9.17) is 5.73 Å². The molecule has 2 heterocycles. The summed E-state index contributed by atoms with van der Waals surface area (Å²) in [6.45, 7) is 3.94. The Labute approximate surface area is 120 Å². The minimum absolute atomic E-state index is 0.0234. The molecule has 112 valence electrons. The van der Waals surface area contributed by atoms with Gasteiger partial charge in [0, 0.05) is 12.5 Å². The van der Waals surface area contributed by atoms with Gasteiger partial charge in [-0.1, -0.05) is 6.58 Å². The molecule has 0 aromatic carbocycles. The number of imidazole rings is 1. The molecule has 3 rings (SSSR count). The predicted octanol–water partition coefficient (Wildman–Crippen LogP) is -0.580. The lowest BCUT2D eigenvalue weighted by Crippen LogP contribution is -2.16. The highest BCUT2D eigenvalue weighted by atomic mass is 16.3. The molecule has 3 atom stereocenters. The van der Waals surface area contributed by atoms with E-state index in [-0.39, 0.29) is 42.6 Å². The molecule has 1 fully saturated rings. The van der Waals surface area contributed by atoms with Crippen molar-refractivity contribution in [1.82, 2.24) is 19.5 Å². The number of anilines is 1. The number of hydrogen-bond acceptors (Lipinski definition) is 6. The highest BCUT2D eigenvalue weighted by Crippen LogP contribution is 2.43. The number of aromatic nitrogens is 4. The summed E-state index contributed by atoms with van der Waals surface area (Å²) in [6.07, 6.45) is 2.14. The molecule has 0 aliphatic heterocycles. The van der Waals surface area contributed by atoms with Gasteiger partial charge in [-0.2, -0.15) is 4.98 Å². The fourth-order valence-corrected chi connectivity index (χ4v) is 3.08. The smallest absolute Gasteiger partial charge is 0.280 e. The number of nitrogens with two attached hydrogens (primary N) is 1. The number of fused-ring (bicyclic) bond motifs is 1. The van der Waals surface area contributed by atoms with Crippen molar-refractivity contribution in [2.45, 2.75) is 12.5 Å². The molecule has 0 spiro atoms. The van der Waals surface area contributed by atoms with Gasteiger partial charge >= 0.3 is 0 Å². The van der Waals surface area contributed by atoms with Crippen LogP contribution in [0.3, 0.4) is 0 Å². The Bertz CT molecular complexity index is 750. The summed E-state index contributed by atoms with van der Waals surface area (Å²) in [5.74, 6) is -0.212. The van der Waals surface area contributed by atoms with Crippen LogP contribution in [0.4, 0.5) is 5.95 Å². The Balaban J connectivity index is 2.09. The molecule has 0 saturated heterocycles.